The van der Waals surface area contributed by atoms with Gasteiger partial charge in [-0.25, -0.2) is 4.98 Å². The zero-order valence-corrected chi connectivity index (χ0v) is 12.3. The molecule has 0 radical (unpaired) electrons. The first-order valence-electron chi connectivity index (χ1n) is 6.45. The maximum absolute atomic E-state index is 12.6. The van der Waals surface area contributed by atoms with Crippen molar-refractivity contribution < 1.29 is 13.2 Å². The largest absolute Gasteiger partial charge is 0.443 e. The van der Waals surface area contributed by atoms with E-state index in [9.17, 15) is 13.2 Å². The van der Waals surface area contributed by atoms with Gasteiger partial charge in [0.25, 0.3) is 0 Å². The molecule has 0 bridgehead atoms. The van der Waals surface area contributed by atoms with Gasteiger partial charge in [0.2, 0.25) is 0 Å². The van der Waals surface area contributed by atoms with Crippen LogP contribution in [0.4, 0.5) is 13.2 Å². The van der Waals surface area contributed by atoms with Gasteiger partial charge in [0.05, 0.1) is 6.04 Å². The number of nitrogens with two attached hydrogens (primary N) is 1. The molecule has 3 N–H and O–H groups in total. The number of aryl methyl sites for hydroxylation is 2. The van der Waals surface area contributed by atoms with Gasteiger partial charge in [-0.2, -0.15) is 13.2 Å². The third-order valence-corrected chi connectivity index (χ3v) is 4.43. The number of thiazole rings is 1. The molecule has 0 amide bonds. The Morgan fingerprint density at radius 2 is 2.05 bits per heavy atom. The zero-order valence-electron chi connectivity index (χ0n) is 11.4. The van der Waals surface area contributed by atoms with Crippen molar-refractivity contribution in [1.82, 2.24) is 10.4 Å². The number of aromatic nitrogens is 1. The van der Waals surface area contributed by atoms with E-state index in [2.05, 4.69) is 10.4 Å². The summed E-state index contributed by atoms with van der Waals surface area (Å²) in [6.07, 6.45) is -1.81. The normalized spacial score (nSPS) is 13.4. The van der Waals surface area contributed by atoms with E-state index in [1.165, 1.54) is 11.8 Å². The molecule has 1 heterocycles. The van der Waals surface area contributed by atoms with Crippen molar-refractivity contribution in [3.8, 4) is 0 Å². The average molecular weight is 315 g/mol. The molecule has 1 aromatic carbocycles. The highest BCUT2D eigenvalue weighted by Gasteiger charge is 2.35. The van der Waals surface area contributed by atoms with E-state index >= 15 is 0 Å². The predicted molar refractivity (Wildman–Crippen MR) is 76.7 cm³/mol. The second-order valence-electron chi connectivity index (χ2n) is 4.75. The van der Waals surface area contributed by atoms with Crippen molar-refractivity contribution in [2.75, 3.05) is 0 Å². The summed E-state index contributed by atoms with van der Waals surface area (Å²) < 4.78 is 37.7. The number of rotatable bonds is 5. The van der Waals surface area contributed by atoms with Gasteiger partial charge in [-0.15, -0.1) is 11.3 Å². The molecule has 1 unspecified atom stereocenters. The molecule has 0 saturated heterocycles. The second-order valence-corrected chi connectivity index (χ2v) is 5.81. The molecule has 0 aliphatic carbocycles. The lowest BCUT2D eigenvalue weighted by Crippen LogP contribution is -2.27. The summed E-state index contributed by atoms with van der Waals surface area (Å²) in [4.78, 5) is 3.93. The molecule has 21 heavy (non-hydrogen) atoms. The van der Waals surface area contributed by atoms with Gasteiger partial charge < -0.3 is 0 Å². The maximum Gasteiger partial charge on any atom is 0.443 e. The monoisotopic (exact) mass is 315 g/mol. The fourth-order valence-corrected chi connectivity index (χ4v) is 2.95. The van der Waals surface area contributed by atoms with Crippen molar-refractivity contribution in [1.29, 1.82) is 0 Å². The van der Waals surface area contributed by atoms with Gasteiger partial charge >= 0.3 is 6.18 Å². The van der Waals surface area contributed by atoms with Gasteiger partial charge in [0.15, 0.2) is 5.01 Å². The lowest BCUT2D eigenvalue weighted by Gasteiger charge is -2.14. The molecule has 7 heteroatoms. The van der Waals surface area contributed by atoms with Crippen molar-refractivity contribution in [3.63, 3.8) is 0 Å². The summed E-state index contributed by atoms with van der Waals surface area (Å²) >= 11 is 0.633. The smallest absolute Gasteiger partial charge is 0.271 e. The molecule has 0 saturated carbocycles. The van der Waals surface area contributed by atoms with Gasteiger partial charge in [-0.1, -0.05) is 24.3 Å². The maximum atomic E-state index is 12.6. The van der Waals surface area contributed by atoms with Crippen LogP contribution in [-0.2, 0) is 12.6 Å². The van der Waals surface area contributed by atoms with Crippen molar-refractivity contribution >= 4 is 11.3 Å². The Kier molecular flexibility index (Phi) is 4.97. The number of nitrogens with one attached hydrogen (secondary N) is 1. The first kappa shape index (κ1) is 15.9. The van der Waals surface area contributed by atoms with Gasteiger partial charge in [0, 0.05) is 11.1 Å². The average Bonchev–Trinajstić information content (AvgIpc) is 2.91. The fraction of sp³-hybridized carbons (Fsp3) is 0.357. The van der Waals surface area contributed by atoms with Crippen LogP contribution in [0.2, 0.25) is 0 Å². The van der Waals surface area contributed by atoms with Crippen molar-refractivity contribution in [2.24, 2.45) is 5.84 Å². The minimum atomic E-state index is -4.40. The van der Waals surface area contributed by atoms with Crippen molar-refractivity contribution in [2.45, 2.75) is 32.0 Å². The SMILES string of the molecule is Cc1ccccc1CCC(NN)c1cnc(C(F)(F)F)s1. The van der Waals surface area contributed by atoms with Crippen LogP contribution in [0.25, 0.3) is 0 Å². The summed E-state index contributed by atoms with van der Waals surface area (Å²) in [5.41, 5.74) is 4.90. The van der Waals surface area contributed by atoms with E-state index in [1.54, 1.807) is 0 Å². The molecule has 114 valence electrons. The lowest BCUT2D eigenvalue weighted by molar-refractivity contribution is -0.137. The van der Waals surface area contributed by atoms with Crippen LogP contribution in [0.15, 0.2) is 30.5 Å². The quantitative estimate of drug-likeness (QED) is 0.654. The van der Waals surface area contributed by atoms with Gasteiger partial charge in [-0.05, 0) is 30.9 Å². The Balaban J connectivity index is 2.07. The number of halogens is 3. The minimum Gasteiger partial charge on any atom is -0.271 e. The highest BCUT2D eigenvalue weighted by molar-refractivity contribution is 7.11. The number of alkyl halides is 3. The number of hydrogen-bond acceptors (Lipinski definition) is 4. The third-order valence-electron chi connectivity index (χ3n) is 3.27. The molecule has 2 aromatic rings. The Hall–Kier alpha value is -1.44. The van der Waals surface area contributed by atoms with E-state index in [0.29, 0.717) is 22.6 Å². The van der Waals surface area contributed by atoms with Crippen LogP contribution in [0, 0.1) is 6.92 Å². The lowest BCUT2D eigenvalue weighted by atomic mass is 10.0. The summed E-state index contributed by atoms with van der Waals surface area (Å²) in [7, 11) is 0. The fourth-order valence-electron chi connectivity index (χ4n) is 2.08. The Morgan fingerprint density at radius 3 is 2.62 bits per heavy atom. The molecule has 0 aliphatic rings. The molecule has 0 aliphatic heterocycles. The molecule has 1 aromatic heterocycles. The predicted octanol–water partition coefficient (Wildman–Crippen LogP) is 3.61. The second kappa shape index (κ2) is 6.55. The van der Waals surface area contributed by atoms with Crippen LogP contribution in [0.3, 0.4) is 0 Å². The standard InChI is InChI=1S/C14H16F3N3S/c1-9-4-2-3-5-10(9)6-7-11(20-18)12-8-19-13(21-12)14(15,16)17/h2-5,8,11,20H,6-7,18H2,1H3. The first-order chi connectivity index (χ1) is 9.91. The van der Waals surface area contributed by atoms with Gasteiger partial charge in [-0.3, -0.25) is 11.3 Å². The summed E-state index contributed by atoms with van der Waals surface area (Å²) in [5.74, 6) is 5.47. The Labute approximate surface area is 125 Å². The van der Waals surface area contributed by atoms with Crippen LogP contribution >= 0.6 is 11.3 Å². The summed E-state index contributed by atoms with van der Waals surface area (Å²) in [6.45, 7) is 2.01. The minimum absolute atomic E-state index is 0.335. The van der Waals surface area contributed by atoms with E-state index in [0.717, 1.165) is 12.0 Å². The van der Waals surface area contributed by atoms with Crippen LogP contribution in [0.5, 0.6) is 0 Å². The third kappa shape index (κ3) is 4.03. The molecule has 2 rings (SSSR count). The molecule has 3 nitrogen and oxygen atoms in total. The summed E-state index contributed by atoms with van der Waals surface area (Å²) in [5, 5.41) is -0.839. The topological polar surface area (TPSA) is 50.9 Å². The summed E-state index contributed by atoms with van der Waals surface area (Å²) in [6, 6.07) is 7.59. The molecule has 1 atom stereocenters. The highest BCUT2D eigenvalue weighted by Crippen LogP contribution is 2.35. The first-order valence-corrected chi connectivity index (χ1v) is 7.27. The van der Waals surface area contributed by atoms with Gasteiger partial charge in [0.1, 0.15) is 0 Å². The van der Waals surface area contributed by atoms with E-state index < -0.39 is 11.2 Å². The Morgan fingerprint density at radius 1 is 1.33 bits per heavy atom. The molecular weight excluding hydrogens is 299 g/mol. The van der Waals surface area contributed by atoms with E-state index in [4.69, 9.17) is 5.84 Å². The van der Waals surface area contributed by atoms with Crippen LogP contribution in [0.1, 0.15) is 33.5 Å². The van der Waals surface area contributed by atoms with Crippen molar-refractivity contribution in [3.05, 3.63) is 51.5 Å². The van der Waals surface area contributed by atoms with E-state index in [1.807, 2.05) is 31.2 Å². The molecule has 0 fully saturated rings. The molecular formula is C14H16F3N3S. The number of hydrazine groups is 1. The highest BCUT2D eigenvalue weighted by atomic mass is 32.1. The zero-order chi connectivity index (χ0) is 15.5. The van der Waals surface area contributed by atoms with Crippen LogP contribution < -0.4 is 11.3 Å². The number of benzene rings is 1. The Bertz CT molecular complexity index is 595. The number of nitrogens with zero attached hydrogens (tertiary/aromatic N) is 1. The van der Waals surface area contributed by atoms with E-state index in [-0.39, 0.29) is 6.04 Å². The number of hydrogen-bond donors (Lipinski definition) is 2. The van der Waals surface area contributed by atoms with Crippen LogP contribution in [-0.4, -0.2) is 4.98 Å². The molecule has 0 spiro atoms.